The van der Waals surface area contributed by atoms with E-state index in [0.717, 1.165) is 24.8 Å². The number of aromatic nitrogens is 2. The Balaban J connectivity index is 2.70. The van der Waals surface area contributed by atoms with E-state index in [9.17, 15) is 4.79 Å². The quantitative estimate of drug-likeness (QED) is 0.738. The van der Waals surface area contributed by atoms with Gasteiger partial charge in [-0.1, -0.05) is 13.3 Å². The monoisotopic (exact) mass is 218 g/mol. The molecule has 0 bridgehead atoms. The lowest BCUT2D eigenvalue weighted by molar-refractivity contribution is 0.111. The van der Waals surface area contributed by atoms with Crippen LogP contribution in [0, 0.1) is 0 Å². The summed E-state index contributed by atoms with van der Waals surface area (Å²) in [7, 11) is 1.60. The molecule has 84 valence electrons. The molecule has 0 amide bonds. The third-order valence-electron chi connectivity index (χ3n) is 2.55. The highest BCUT2D eigenvalue weighted by atomic mass is 16.5. The van der Waals surface area contributed by atoms with Gasteiger partial charge >= 0.3 is 0 Å². The number of carbonyl (C=O) groups excluding carboxylic acids is 1. The zero-order valence-corrected chi connectivity index (χ0v) is 9.43. The predicted molar refractivity (Wildman–Crippen MR) is 61.1 cm³/mol. The standard InChI is InChI=1S/C12H14N2O2/c1-3-5-9-10(8-15)14-7-4-6-11(16-2)12(14)13-9/h4,6-8H,3,5H2,1-2H3. The number of aryl methyl sites for hydroxylation is 1. The molecular formula is C12H14N2O2. The Bertz CT molecular complexity index is 517. The van der Waals surface area contributed by atoms with E-state index in [-0.39, 0.29) is 0 Å². The SMILES string of the molecule is CCCc1nc2c(OC)cccn2c1C=O. The molecule has 0 fully saturated rings. The van der Waals surface area contributed by atoms with Crippen LogP contribution in [0.2, 0.25) is 0 Å². The summed E-state index contributed by atoms with van der Waals surface area (Å²) in [6.07, 6.45) is 4.45. The average Bonchev–Trinajstić information content (AvgIpc) is 2.66. The Morgan fingerprint density at radius 2 is 2.38 bits per heavy atom. The molecule has 0 aromatic carbocycles. The minimum Gasteiger partial charge on any atom is -0.493 e. The largest absolute Gasteiger partial charge is 0.493 e. The number of hydrogen-bond donors (Lipinski definition) is 0. The summed E-state index contributed by atoms with van der Waals surface area (Å²) in [4.78, 5) is 15.5. The molecule has 16 heavy (non-hydrogen) atoms. The van der Waals surface area contributed by atoms with Crippen molar-refractivity contribution in [3.05, 3.63) is 29.7 Å². The van der Waals surface area contributed by atoms with Gasteiger partial charge in [-0.3, -0.25) is 9.20 Å². The molecule has 2 rings (SSSR count). The van der Waals surface area contributed by atoms with E-state index in [0.29, 0.717) is 17.1 Å². The highest BCUT2D eigenvalue weighted by Crippen LogP contribution is 2.21. The van der Waals surface area contributed by atoms with Crippen LogP contribution in [0.5, 0.6) is 5.75 Å². The second-order valence-corrected chi connectivity index (χ2v) is 3.58. The number of nitrogens with zero attached hydrogens (tertiary/aromatic N) is 2. The van der Waals surface area contributed by atoms with Gasteiger partial charge in [0, 0.05) is 6.20 Å². The first kappa shape index (κ1) is 10.7. The Kier molecular flexibility index (Phi) is 2.90. The zero-order valence-electron chi connectivity index (χ0n) is 9.43. The molecule has 4 heteroatoms. The predicted octanol–water partition coefficient (Wildman–Crippen LogP) is 2.11. The van der Waals surface area contributed by atoms with Crippen LogP contribution < -0.4 is 4.74 Å². The summed E-state index contributed by atoms with van der Waals surface area (Å²) >= 11 is 0. The molecule has 0 unspecified atom stereocenters. The summed E-state index contributed by atoms with van der Waals surface area (Å²) in [5.41, 5.74) is 2.16. The van der Waals surface area contributed by atoms with Crippen LogP contribution >= 0.6 is 0 Å². The molecule has 2 aromatic rings. The highest BCUT2D eigenvalue weighted by Gasteiger charge is 2.13. The van der Waals surface area contributed by atoms with Crippen molar-refractivity contribution in [3.63, 3.8) is 0 Å². The van der Waals surface area contributed by atoms with E-state index in [2.05, 4.69) is 11.9 Å². The van der Waals surface area contributed by atoms with E-state index >= 15 is 0 Å². The van der Waals surface area contributed by atoms with Crippen molar-refractivity contribution in [3.8, 4) is 5.75 Å². The van der Waals surface area contributed by atoms with Crippen molar-refractivity contribution >= 4 is 11.9 Å². The second kappa shape index (κ2) is 4.35. The maximum atomic E-state index is 11.1. The van der Waals surface area contributed by atoms with Crippen LogP contribution in [0.4, 0.5) is 0 Å². The smallest absolute Gasteiger partial charge is 0.180 e. The van der Waals surface area contributed by atoms with E-state index < -0.39 is 0 Å². The van der Waals surface area contributed by atoms with Crippen LogP contribution in [0.15, 0.2) is 18.3 Å². The molecule has 0 aliphatic heterocycles. The van der Waals surface area contributed by atoms with E-state index in [1.54, 1.807) is 11.5 Å². The van der Waals surface area contributed by atoms with Gasteiger partial charge in [0.2, 0.25) is 0 Å². The van der Waals surface area contributed by atoms with Gasteiger partial charge in [0.1, 0.15) is 5.69 Å². The number of methoxy groups -OCH3 is 1. The van der Waals surface area contributed by atoms with E-state index in [4.69, 9.17) is 4.74 Å². The third-order valence-corrected chi connectivity index (χ3v) is 2.55. The number of aldehydes is 1. The Morgan fingerprint density at radius 3 is 3.00 bits per heavy atom. The average molecular weight is 218 g/mol. The third kappa shape index (κ3) is 1.56. The van der Waals surface area contributed by atoms with Crippen molar-refractivity contribution in [1.82, 2.24) is 9.38 Å². The van der Waals surface area contributed by atoms with Gasteiger partial charge in [0.15, 0.2) is 17.7 Å². The lowest BCUT2D eigenvalue weighted by atomic mass is 10.2. The highest BCUT2D eigenvalue weighted by molar-refractivity contribution is 5.77. The fourth-order valence-electron chi connectivity index (χ4n) is 1.81. The summed E-state index contributed by atoms with van der Waals surface area (Å²) in [6.45, 7) is 2.07. The molecule has 0 saturated heterocycles. The number of hydrogen-bond acceptors (Lipinski definition) is 3. The molecule has 2 heterocycles. The van der Waals surface area contributed by atoms with Crippen LogP contribution in [0.3, 0.4) is 0 Å². The van der Waals surface area contributed by atoms with Crippen molar-refractivity contribution < 1.29 is 9.53 Å². The van der Waals surface area contributed by atoms with Gasteiger partial charge < -0.3 is 4.74 Å². The molecule has 0 saturated carbocycles. The summed E-state index contributed by atoms with van der Waals surface area (Å²) in [5, 5.41) is 0. The number of rotatable bonds is 4. The number of carbonyl (C=O) groups is 1. The van der Waals surface area contributed by atoms with Crippen molar-refractivity contribution in [2.24, 2.45) is 0 Å². The molecule has 0 N–H and O–H groups in total. The Morgan fingerprint density at radius 1 is 1.56 bits per heavy atom. The molecule has 0 aliphatic rings. The van der Waals surface area contributed by atoms with Gasteiger partial charge in [-0.15, -0.1) is 0 Å². The Labute approximate surface area is 93.9 Å². The van der Waals surface area contributed by atoms with E-state index in [1.165, 1.54) is 0 Å². The molecule has 0 radical (unpaired) electrons. The number of fused-ring (bicyclic) bond motifs is 1. The molecular weight excluding hydrogens is 204 g/mol. The number of pyridine rings is 1. The number of ether oxygens (including phenoxy) is 1. The fourth-order valence-corrected chi connectivity index (χ4v) is 1.81. The maximum absolute atomic E-state index is 11.1. The first-order valence-electron chi connectivity index (χ1n) is 5.31. The van der Waals surface area contributed by atoms with Gasteiger partial charge in [-0.05, 0) is 18.6 Å². The van der Waals surface area contributed by atoms with Crippen LogP contribution in [0.25, 0.3) is 5.65 Å². The van der Waals surface area contributed by atoms with E-state index in [1.807, 2.05) is 18.3 Å². The van der Waals surface area contributed by atoms with Gasteiger partial charge in [0.05, 0.1) is 12.8 Å². The molecule has 0 aliphatic carbocycles. The van der Waals surface area contributed by atoms with Crippen molar-refractivity contribution in [2.75, 3.05) is 7.11 Å². The van der Waals surface area contributed by atoms with Crippen LogP contribution in [-0.4, -0.2) is 22.8 Å². The second-order valence-electron chi connectivity index (χ2n) is 3.58. The van der Waals surface area contributed by atoms with Gasteiger partial charge in [0.25, 0.3) is 0 Å². The molecule has 0 spiro atoms. The summed E-state index contributed by atoms with van der Waals surface area (Å²) in [6, 6.07) is 3.68. The maximum Gasteiger partial charge on any atom is 0.180 e. The fraction of sp³-hybridized carbons (Fsp3) is 0.333. The molecule has 2 aromatic heterocycles. The summed E-state index contributed by atoms with van der Waals surface area (Å²) in [5.74, 6) is 0.688. The number of imidazole rings is 1. The van der Waals surface area contributed by atoms with Gasteiger partial charge in [-0.25, -0.2) is 4.98 Å². The topological polar surface area (TPSA) is 43.6 Å². The van der Waals surface area contributed by atoms with Crippen LogP contribution in [-0.2, 0) is 6.42 Å². The molecule has 0 atom stereocenters. The normalized spacial score (nSPS) is 10.6. The lowest BCUT2D eigenvalue weighted by Gasteiger charge is -2.01. The Hall–Kier alpha value is -1.84. The van der Waals surface area contributed by atoms with Gasteiger partial charge in [-0.2, -0.15) is 0 Å². The van der Waals surface area contributed by atoms with Crippen molar-refractivity contribution in [1.29, 1.82) is 0 Å². The molecule has 4 nitrogen and oxygen atoms in total. The first-order chi connectivity index (χ1) is 7.81. The van der Waals surface area contributed by atoms with Crippen LogP contribution in [0.1, 0.15) is 29.5 Å². The summed E-state index contributed by atoms with van der Waals surface area (Å²) < 4.78 is 6.99. The lowest BCUT2D eigenvalue weighted by Crippen LogP contribution is -1.95. The minimum atomic E-state index is 0.621. The minimum absolute atomic E-state index is 0.621. The van der Waals surface area contributed by atoms with Crippen molar-refractivity contribution in [2.45, 2.75) is 19.8 Å². The first-order valence-corrected chi connectivity index (χ1v) is 5.31. The zero-order chi connectivity index (χ0) is 11.5.